The number of fused-ring (bicyclic) bond motifs is 1. The lowest BCUT2D eigenvalue weighted by Gasteiger charge is -2.24. The van der Waals surface area contributed by atoms with E-state index in [1.165, 1.54) is 25.3 Å². The van der Waals surface area contributed by atoms with E-state index in [0.29, 0.717) is 5.92 Å². The van der Waals surface area contributed by atoms with Crippen LogP contribution in [0.5, 0.6) is 11.5 Å². The second-order valence-corrected chi connectivity index (χ2v) is 8.50. The zero-order chi connectivity index (χ0) is 21.5. The number of aliphatic carboxylic acids is 1. The molecule has 0 atom stereocenters. The van der Waals surface area contributed by atoms with Gasteiger partial charge in [-0.3, -0.25) is 4.79 Å². The highest BCUT2D eigenvalue weighted by Crippen LogP contribution is 2.44. The molecule has 0 bridgehead atoms. The van der Waals surface area contributed by atoms with Gasteiger partial charge in [-0.1, -0.05) is 19.3 Å². The van der Waals surface area contributed by atoms with E-state index in [1.807, 2.05) is 6.20 Å². The zero-order valence-electron chi connectivity index (χ0n) is 15.9. The number of alkyl halides is 3. The fourth-order valence-corrected chi connectivity index (χ4v) is 4.34. The molecule has 1 aliphatic carbocycles. The summed E-state index contributed by atoms with van der Waals surface area (Å²) in [6, 6.07) is 7.32. The Bertz CT molecular complexity index is 1100. The number of nitrogens with one attached hydrogen (secondary N) is 1. The van der Waals surface area contributed by atoms with Crippen LogP contribution in [0.25, 0.3) is 10.9 Å². The van der Waals surface area contributed by atoms with Crippen LogP contribution in [-0.2, 0) is 23.8 Å². The molecule has 30 heavy (non-hydrogen) atoms. The van der Waals surface area contributed by atoms with Crippen molar-refractivity contribution in [2.75, 3.05) is 0 Å². The normalized spacial score (nSPS) is 14.7. The van der Waals surface area contributed by atoms with E-state index in [1.54, 1.807) is 18.2 Å². The van der Waals surface area contributed by atoms with Crippen molar-refractivity contribution < 1.29 is 27.8 Å². The molecule has 1 fully saturated rings. The van der Waals surface area contributed by atoms with E-state index in [-0.39, 0.29) is 21.5 Å². The summed E-state index contributed by atoms with van der Waals surface area (Å²) in [4.78, 5) is 14.1. The molecule has 1 saturated carbocycles. The standard InChI is InChI=1S/C22H19BrF3NO3/c23-18-8-13(9-20(28)29)7-17(22(24,25)26)21(18)30-15-4-5-19-16(10-15)14(11-27-19)6-12-2-1-3-12/h4-5,7-8,10-12,27H,1-3,6,9H2,(H,28,29). The molecular weight excluding hydrogens is 463 g/mol. The van der Waals surface area contributed by atoms with Crippen molar-refractivity contribution in [1.29, 1.82) is 0 Å². The van der Waals surface area contributed by atoms with Gasteiger partial charge in [-0.15, -0.1) is 0 Å². The second-order valence-electron chi connectivity index (χ2n) is 7.65. The van der Waals surface area contributed by atoms with Crippen molar-refractivity contribution in [2.45, 2.75) is 38.3 Å². The SMILES string of the molecule is O=C(O)Cc1cc(Br)c(Oc2ccc3[nH]cc(CC4CCC4)c3c2)c(C(F)(F)F)c1. The van der Waals surface area contributed by atoms with Crippen LogP contribution < -0.4 is 4.74 Å². The second kappa shape index (κ2) is 7.98. The maximum Gasteiger partial charge on any atom is 0.420 e. The average molecular weight is 482 g/mol. The molecule has 1 heterocycles. The summed E-state index contributed by atoms with van der Waals surface area (Å²) in [6.07, 6.45) is 1.32. The van der Waals surface area contributed by atoms with Crippen molar-refractivity contribution in [3.8, 4) is 11.5 Å². The predicted octanol–water partition coefficient (Wildman–Crippen LogP) is 6.71. The van der Waals surface area contributed by atoms with Crippen molar-refractivity contribution in [3.63, 3.8) is 0 Å². The fraction of sp³-hybridized carbons (Fsp3) is 0.318. The van der Waals surface area contributed by atoms with Crippen LogP contribution in [0.3, 0.4) is 0 Å². The summed E-state index contributed by atoms with van der Waals surface area (Å²) in [5.74, 6) is -0.650. The van der Waals surface area contributed by atoms with Crippen LogP contribution in [0, 0.1) is 5.92 Å². The van der Waals surface area contributed by atoms with Gasteiger partial charge in [-0.25, -0.2) is 0 Å². The van der Waals surface area contributed by atoms with Crippen LogP contribution in [0.15, 0.2) is 41.0 Å². The number of carboxylic acids is 1. The Kier molecular flexibility index (Phi) is 5.53. The van der Waals surface area contributed by atoms with Gasteiger partial charge < -0.3 is 14.8 Å². The van der Waals surface area contributed by atoms with Gasteiger partial charge >= 0.3 is 12.1 Å². The molecule has 1 aromatic heterocycles. The molecule has 2 N–H and O–H groups in total. The number of halogens is 4. The summed E-state index contributed by atoms with van der Waals surface area (Å²) < 4.78 is 46.7. The number of carboxylic acid groups (broad SMARTS) is 1. The molecule has 4 nitrogen and oxygen atoms in total. The number of carbonyl (C=O) groups is 1. The summed E-state index contributed by atoms with van der Waals surface area (Å²) in [5.41, 5.74) is 1.06. The van der Waals surface area contributed by atoms with Crippen LogP contribution in [0.2, 0.25) is 0 Å². The van der Waals surface area contributed by atoms with Gasteiger partial charge in [0, 0.05) is 17.1 Å². The topological polar surface area (TPSA) is 62.3 Å². The molecule has 4 rings (SSSR count). The lowest BCUT2D eigenvalue weighted by Crippen LogP contribution is -2.13. The number of rotatable bonds is 6. The smallest absolute Gasteiger partial charge is 0.420 e. The molecule has 0 spiro atoms. The van der Waals surface area contributed by atoms with Gasteiger partial charge in [0.2, 0.25) is 0 Å². The molecule has 8 heteroatoms. The van der Waals surface area contributed by atoms with E-state index in [9.17, 15) is 18.0 Å². The first-order valence-corrected chi connectivity index (χ1v) is 10.4. The third kappa shape index (κ3) is 4.33. The number of aromatic nitrogens is 1. The number of hydrogen-bond donors (Lipinski definition) is 2. The Morgan fingerprint density at radius 3 is 2.63 bits per heavy atom. The molecule has 2 aromatic carbocycles. The van der Waals surface area contributed by atoms with E-state index >= 15 is 0 Å². The first kappa shape index (κ1) is 20.8. The summed E-state index contributed by atoms with van der Waals surface area (Å²) in [5, 5.41) is 9.85. The van der Waals surface area contributed by atoms with Crippen molar-refractivity contribution in [1.82, 2.24) is 4.98 Å². The monoisotopic (exact) mass is 481 g/mol. The average Bonchev–Trinajstić information content (AvgIpc) is 3.01. The Morgan fingerprint density at radius 2 is 2.00 bits per heavy atom. The molecular formula is C22H19BrF3NO3. The first-order chi connectivity index (χ1) is 14.2. The number of H-pyrrole nitrogens is 1. The van der Waals surface area contributed by atoms with E-state index in [2.05, 4.69) is 20.9 Å². The number of ether oxygens (including phenoxy) is 1. The van der Waals surface area contributed by atoms with E-state index in [0.717, 1.165) is 29.0 Å². The molecule has 0 amide bonds. The van der Waals surface area contributed by atoms with Gasteiger partial charge in [0.25, 0.3) is 0 Å². The van der Waals surface area contributed by atoms with E-state index in [4.69, 9.17) is 9.84 Å². The molecule has 0 saturated heterocycles. The number of aromatic amines is 1. The lowest BCUT2D eigenvalue weighted by molar-refractivity contribution is -0.139. The van der Waals surface area contributed by atoms with Gasteiger partial charge in [-0.05, 0) is 69.7 Å². The van der Waals surface area contributed by atoms with Crippen LogP contribution in [0.1, 0.15) is 36.0 Å². The van der Waals surface area contributed by atoms with Crippen molar-refractivity contribution in [3.05, 3.63) is 57.7 Å². The van der Waals surface area contributed by atoms with Gasteiger partial charge in [0.15, 0.2) is 5.75 Å². The lowest BCUT2D eigenvalue weighted by atomic mass is 9.81. The maximum absolute atomic E-state index is 13.7. The fourth-order valence-electron chi connectivity index (χ4n) is 3.76. The zero-order valence-corrected chi connectivity index (χ0v) is 17.4. The minimum atomic E-state index is -4.69. The van der Waals surface area contributed by atoms with Gasteiger partial charge in [0.05, 0.1) is 16.5 Å². The summed E-state index contributed by atoms with van der Waals surface area (Å²) >= 11 is 3.12. The van der Waals surface area contributed by atoms with Crippen LogP contribution >= 0.6 is 15.9 Å². The minimum absolute atomic E-state index is 0.0397. The first-order valence-electron chi connectivity index (χ1n) is 9.60. The largest absolute Gasteiger partial charge is 0.481 e. The number of hydrogen-bond acceptors (Lipinski definition) is 2. The minimum Gasteiger partial charge on any atom is -0.481 e. The van der Waals surface area contributed by atoms with Crippen molar-refractivity contribution in [2.24, 2.45) is 5.92 Å². The number of benzene rings is 2. The Hall–Kier alpha value is -2.48. The van der Waals surface area contributed by atoms with Crippen LogP contribution in [0.4, 0.5) is 13.2 Å². The highest BCUT2D eigenvalue weighted by atomic mass is 79.9. The van der Waals surface area contributed by atoms with Gasteiger partial charge in [-0.2, -0.15) is 13.2 Å². The van der Waals surface area contributed by atoms with Crippen LogP contribution in [-0.4, -0.2) is 16.1 Å². The summed E-state index contributed by atoms with van der Waals surface area (Å²) in [6.45, 7) is 0. The molecule has 158 valence electrons. The Morgan fingerprint density at radius 1 is 1.23 bits per heavy atom. The molecule has 1 aliphatic rings. The molecule has 0 unspecified atom stereocenters. The van der Waals surface area contributed by atoms with Crippen molar-refractivity contribution >= 4 is 32.8 Å². The molecule has 0 radical (unpaired) electrons. The Labute approximate surface area is 179 Å². The highest BCUT2D eigenvalue weighted by molar-refractivity contribution is 9.10. The quantitative estimate of drug-likeness (QED) is 0.411. The maximum atomic E-state index is 13.7. The molecule has 0 aliphatic heterocycles. The third-order valence-electron chi connectivity index (χ3n) is 5.46. The highest BCUT2D eigenvalue weighted by Gasteiger charge is 2.36. The molecule has 3 aromatic rings. The predicted molar refractivity (Wildman–Crippen MR) is 110 cm³/mol. The van der Waals surface area contributed by atoms with Gasteiger partial charge in [0.1, 0.15) is 5.75 Å². The third-order valence-corrected chi connectivity index (χ3v) is 6.05. The summed E-state index contributed by atoms with van der Waals surface area (Å²) in [7, 11) is 0. The Balaban J connectivity index is 1.69. The van der Waals surface area contributed by atoms with E-state index < -0.39 is 24.1 Å².